The maximum Gasteiger partial charge on any atom is 0.00175 e. The van der Waals surface area contributed by atoms with Crippen LogP contribution in [0, 0.1) is 0 Å². The summed E-state index contributed by atoms with van der Waals surface area (Å²) in [5, 5.41) is 2.14. The van der Waals surface area contributed by atoms with E-state index in [0.717, 1.165) is 10.4 Å². The van der Waals surface area contributed by atoms with E-state index in [2.05, 4.69) is 6.58 Å². The van der Waals surface area contributed by atoms with Gasteiger partial charge in [-0.05, 0) is 10.4 Å². The number of hydrogen-bond donors (Lipinski definition) is 1. The molecule has 1 nitrogen and oxygen atoms in total. The number of rotatable bonds is 1. The Labute approximate surface area is 66.2 Å². The molecule has 11 heavy (non-hydrogen) atoms. The van der Waals surface area contributed by atoms with Gasteiger partial charge in [0.05, 0.1) is 0 Å². The Morgan fingerprint density at radius 1 is 1.18 bits per heavy atom. The van der Waals surface area contributed by atoms with Crippen molar-refractivity contribution in [3.63, 3.8) is 0 Å². The maximum atomic E-state index is 5.40. The molecule has 0 radical (unpaired) electrons. The van der Waals surface area contributed by atoms with E-state index in [1.54, 1.807) is 12.3 Å². The van der Waals surface area contributed by atoms with Gasteiger partial charge in [-0.15, -0.1) is 0 Å². The first kappa shape index (κ1) is 7.61. The normalized spacial score (nSPS) is 13.5. The van der Waals surface area contributed by atoms with Crippen molar-refractivity contribution in [2.24, 2.45) is 5.73 Å². The summed E-state index contributed by atoms with van der Waals surface area (Å²) in [7, 11) is 0. The molecule has 1 heteroatoms. The second-order valence-corrected chi connectivity index (χ2v) is 2.20. The molecular weight excluding hydrogens is 134 g/mol. The molecule has 0 bridgehead atoms. The molecule has 0 unspecified atom stereocenters. The predicted octanol–water partition coefficient (Wildman–Crippen LogP) is 0.350. The minimum absolute atomic E-state index is 1.03. The Balaban J connectivity index is 3.48. The first-order valence-electron chi connectivity index (χ1n) is 3.48. The van der Waals surface area contributed by atoms with Crippen molar-refractivity contribution in [3.05, 3.63) is 47.4 Å². The van der Waals surface area contributed by atoms with Crippen LogP contribution in [0.1, 0.15) is 0 Å². The highest BCUT2D eigenvalue weighted by Crippen LogP contribution is 1.71. The molecule has 2 N–H and O–H groups in total. The van der Waals surface area contributed by atoms with Crippen molar-refractivity contribution >= 4 is 12.3 Å². The molecule has 0 saturated carbocycles. The van der Waals surface area contributed by atoms with Crippen LogP contribution in [0.15, 0.2) is 36.9 Å². The number of nitrogens with two attached hydrogens (primary N) is 1. The second kappa shape index (κ2) is 3.62. The molecule has 0 aliphatic carbocycles. The van der Waals surface area contributed by atoms with Gasteiger partial charge < -0.3 is 5.73 Å². The van der Waals surface area contributed by atoms with Gasteiger partial charge in [-0.25, -0.2) is 0 Å². The van der Waals surface area contributed by atoms with E-state index in [-0.39, 0.29) is 0 Å². The third-order valence-electron chi connectivity index (χ3n) is 1.47. The SMILES string of the molecule is C=C/C=c1/cccc/c1=C/N. The van der Waals surface area contributed by atoms with Gasteiger partial charge in [0.25, 0.3) is 0 Å². The molecule has 0 amide bonds. The fraction of sp³-hybridized carbons (Fsp3) is 0. The summed E-state index contributed by atoms with van der Waals surface area (Å²) in [5.74, 6) is 0. The average molecular weight is 145 g/mol. The van der Waals surface area contributed by atoms with Crippen molar-refractivity contribution in [1.82, 2.24) is 0 Å². The fourth-order valence-corrected chi connectivity index (χ4v) is 0.941. The van der Waals surface area contributed by atoms with E-state index in [0.29, 0.717) is 0 Å². The van der Waals surface area contributed by atoms with Crippen LogP contribution in [0.3, 0.4) is 0 Å². The zero-order valence-corrected chi connectivity index (χ0v) is 6.33. The van der Waals surface area contributed by atoms with Crippen LogP contribution in [-0.4, -0.2) is 0 Å². The lowest BCUT2D eigenvalue weighted by molar-refractivity contribution is 1.49. The van der Waals surface area contributed by atoms with Crippen molar-refractivity contribution < 1.29 is 0 Å². The van der Waals surface area contributed by atoms with Gasteiger partial charge in [0.1, 0.15) is 0 Å². The predicted molar refractivity (Wildman–Crippen MR) is 49.0 cm³/mol. The summed E-state index contributed by atoms with van der Waals surface area (Å²) in [4.78, 5) is 0. The largest absolute Gasteiger partial charge is 0.404 e. The Hall–Kier alpha value is -1.50. The molecule has 1 rings (SSSR count). The van der Waals surface area contributed by atoms with Gasteiger partial charge >= 0.3 is 0 Å². The lowest BCUT2D eigenvalue weighted by Gasteiger charge is -1.85. The Kier molecular flexibility index (Phi) is 2.50. The smallest absolute Gasteiger partial charge is 0.00175 e. The van der Waals surface area contributed by atoms with Crippen molar-refractivity contribution in [3.8, 4) is 0 Å². The zero-order chi connectivity index (χ0) is 8.10. The van der Waals surface area contributed by atoms with E-state index in [9.17, 15) is 0 Å². The summed E-state index contributed by atoms with van der Waals surface area (Å²) in [6.07, 6.45) is 5.27. The lowest BCUT2D eigenvalue weighted by atomic mass is 10.2. The molecular formula is C10H11N. The summed E-state index contributed by atoms with van der Waals surface area (Å²) < 4.78 is 0. The number of benzene rings is 1. The van der Waals surface area contributed by atoms with Gasteiger partial charge in [0.15, 0.2) is 0 Å². The maximum absolute atomic E-state index is 5.40. The number of hydrogen-bond acceptors (Lipinski definition) is 1. The highest BCUT2D eigenvalue weighted by molar-refractivity contribution is 5.37. The molecule has 0 aliphatic heterocycles. The second-order valence-electron chi connectivity index (χ2n) is 2.20. The number of allylic oxidation sites excluding steroid dienone is 1. The molecule has 1 aromatic carbocycles. The first-order chi connectivity index (χ1) is 5.38. The first-order valence-corrected chi connectivity index (χ1v) is 3.48. The summed E-state index contributed by atoms with van der Waals surface area (Å²) in [5.41, 5.74) is 5.40. The van der Waals surface area contributed by atoms with Gasteiger partial charge in [0, 0.05) is 6.20 Å². The molecule has 56 valence electrons. The zero-order valence-electron chi connectivity index (χ0n) is 6.33. The van der Waals surface area contributed by atoms with Crippen LogP contribution < -0.4 is 16.2 Å². The monoisotopic (exact) mass is 145 g/mol. The van der Waals surface area contributed by atoms with Gasteiger partial charge in [-0.1, -0.05) is 43.0 Å². The van der Waals surface area contributed by atoms with Crippen LogP contribution in [0.4, 0.5) is 0 Å². The molecule has 0 aromatic heterocycles. The van der Waals surface area contributed by atoms with E-state index >= 15 is 0 Å². The van der Waals surface area contributed by atoms with Crippen LogP contribution in [-0.2, 0) is 0 Å². The quantitative estimate of drug-likeness (QED) is 0.606. The average Bonchev–Trinajstić information content (AvgIpc) is 2.06. The van der Waals surface area contributed by atoms with Crippen LogP contribution >= 0.6 is 0 Å². The Morgan fingerprint density at radius 2 is 1.82 bits per heavy atom. The van der Waals surface area contributed by atoms with E-state index in [1.807, 2.05) is 30.3 Å². The van der Waals surface area contributed by atoms with Gasteiger partial charge in [-0.2, -0.15) is 0 Å². The third-order valence-corrected chi connectivity index (χ3v) is 1.47. The van der Waals surface area contributed by atoms with E-state index in [1.165, 1.54) is 0 Å². The molecule has 1 aromatic rings. The topological polar surface area (TPSA) is 26.0 Å². The van der Waals surface area contributed by atoms with E-state index < -0.39 is 0 Å². The highest BCUT2D eigenvalue weighted by Gasteiger charge is 1.78. The third kappa shape index (κ3) is 1.71. The Bertz CT molecular complexity index is 349. The highest BCUT2D eigenvalue weighted by atomic mass is 14.5. The van der Waals surface area contributed by atoms with Gasteiger partial charge in [0.2, 0.25) is 0 Å². The molecule has 0 aliphatic rings. The lowest BCUT2D eigenvalue weighted by Crippen LogP contribution is -2.24. The van der Waals surface area contributed by atoms with E-state index in [4.69, 9.17) is 5.73 Å². The summed E-state index contributed by atoms with van der Waals surface area (Å²) in [6.45, 7) is 3.62. The van der Waals surface area contributed by atoms with Crippen LogP contribution in [0.5, 0.6) is 0 Å². The minimum Gasteiger partial charge on any atom is -0.404 e. The molecule has 0 spiro atoms. The molecule has 0 atom stereocenters. The standard InChI is InChI=1S/C10H11N/c1-2-5-9-6-3-4-7-10(9)8-11/h2-8H,1,11H2/b9-5-,10-8-. The molecule has 0 fully saturated rings. The van der Waals surface area contributed by atoms with Crippen molar-refractivity contribution in [2.45, 2.75) is 0 Å². The van der Waals surface area contributed by atoms with Gasteiger partial charge in [-0.3, -0.25) is 0 Å². The fourth-order valence-electron chi connectivity index (χ4n) is 0.941. The molecule has 0 heterocycles. The van der Waals surface area contributed by atoms with Crippen LogP contribution in [0.25, 0.3) is 12.3 Å². The van der Waals surface area contributed by atoms with Crippen molar-refractivity contribution in [1.29, 1.82) is 0 Å². The molecule has 0 saturated heterocycles. The summed E-state index contributed by atoms with van der Waals surface area (Å²) in [6, 6.07) is 7.90. The van der Waals surface area contributed by atoms with Crippen LogP contribution in [0.2, 0.25) is 0 Å². The van der Waals surface area contributed by atoms with Crippen molar-refractivity contribution in [2.75, 3.05) is 0 Å². The Morgan fingerprint density at radius 3 is 2.36 bits per heavy atom. The minimum atomic E-state index is 1.03. The summed E-state index contributed by atoms with van der Waals surface area (Å²) >= 11 is 0.